The van der Waals surface area contributed by atoms with E-state index in [1.807, 2.05) is 0 Å². The second kappa shape index (κ2) is 4.55. The van der Waals surface area contributed by atoms with Gasteiger partial charge in [0.2, 0.25) is 0 Å². The van der Waals surface area contributed by atoms with Crippen LogP contribution in [-0.2, 0) is 4.74 Å². The molecule has 0 aromatic carbocycles. The molecule has 1 saturated carbocycles. The van der Waals surface area contributed by atoms with Crippen molar-refractivity contribution in [3.63, 3.8) is 0 Å². The molecule has 1 aliphatic carbocycles. The highest BCUT2D eigenvalue weighted by molar-refractivity contribution is 5.68. The van der Waals surface area contributed by atoms with Crippen LogP contribution in [-0.4, -0.2) is 23.7 Å². The molecule has 0 aromatic heterocycles. The third-order valence-corrected chi connectivity index (χ3v) is 2.45. The van der Waals surface area contributed by atoms with Gasteiger partial charge in [0.1, 0.15) is 5.60 Å². The summed E-state index contributed by atoms with van der Waals surface area (Å²) in [6, 6.07) is -1.09. The molecule has 1 aliphatic rings. The van der Waals surface area contributed by atoms with Crippen molar-refractivity contribution < 1.29 is 18.3 Å². The van der Waals surface area contributed by atoms with E-state index >= 15 is 0 Å². The van der Waals surface area contributed by atoms with Crippen LogP contribution in [0.2, 0.25) is 0 Å². The summed E-state index contributed by atoms with van der Waals surface area (Å²) in [5.41, 5.74) is -0.659. The summed E-state index contributed by atoms with van der Waals surface area (Å²) in [4.78, 5) is 11.3. The summed E-state index contributed by atoms with van der Waals surface area (Å²) in [6.07, 6.45) is 0.619. The second-order valence-corrected chi connectivity index (χ2v) is 5.21. The molecule has 0 spiro atoms. The lowest BCUT2D eigenvalue weighted by Crippen LogP contribution is -2.50. The Morgan fingerprint density at radius 3 is 2.50 bits per heavy atom. The summed E-state index contributed by atoms with van der Waals surface area (Å²) in [6.45, 7) is 5.10. The Morgan fingerprint density at radius 1 is 1.38 bits per heavy atom. The molecule has 1 fully saturated rings. The molecule has 1 N–H and O–H groups in total. The van der Waals surface area contributed by atoms with Gasteiger partial charge < -0.3 is 10.1 Å². The van der Waals surface area contributed by atoms with E-state index in [1.165, 1.54) is 0 Å². The van der Waals surface area contributed by atoms with Crippen molar-refractivity contribution in [3.05, 3.63) is 0 Å². The maximum Gasteiger partial charge on any atom is 0.408 e. The van der Waals surface area contributed by atoms with E-state index in [4.69, 9.17) is 4.74 Å². The van der Waals surface area contributed by atoms with Crippen LogP contribution in [0.15, 0.2) is 0 Å². The minimum Gasteiger partial charge on any atom is -0.444 e. The fourth-order valence-corrected chi connectivity index (χ4v) is 1.72. The Labute approximate surface area is 94.5 Å². The van der Waals surface area contributed by atoms with Crippen LogP contribution in [0.1, 0.15) is 46.5 Å². The molecule has 1 rings (SSSR count). The van der Waals surface area contributed by atoms with Gasteiger partial charge in [-0.25, -0.2) is 13.6 Å². The molecule has 0 aliphatic heterocycles. The quantitative estimate of drug-likeness (QED) is 0.758. The molecule has 0 unspecified atom stereocenters. The van der Waals surface area contributed by atoms with Crippen molar-refractivity contribution in [2.24, 2.45) is 0 Å². The number of alkyl halides is 2. The Morgan fingerprint density at radius 2 is 2.00 bits per heavy atom. The third-order valence-electron chi connectivity index (χ3n) is 2.45. The first-order valence-electron chi connectivity index (χ1n) is 5.58. The number of carbonyl (C=O) groups excluding carboxylic acids is 1. The lowest BCUT2D eigenvalue weighted by Gasteiger charge is -2.32. The molecular weight excluding hydrogens is 216 g/mol. The summed E-state index contributed by atoms with van der Waals surface area (Å²) in [5.74, 6) is -2.81. The minimum absolute atomic E-state index is 0.159. The van der Waals surface area contributed by atoms with Crippen LogP contribution in [0.5, 0.6) is 0 Å². The lowest BCUT2D eigenvalue weighted by atomic mass is 9.92. The Bertz CT molecular complexity index is 261. The highest BCUT2D eigenvalue weighted by Crippen LogP contribution is 2.33. The predicted octanol–water partition coefficient (Wildman–Crippen LogP) is 3.09. The first kappa shape index (κ1) is 13.2. The van der Waals surface area contributed by atoms with Crippen molar-refractivity contribution in [3.8, 4) is 0 Å². The van der Waals surface area contributed by atoms with Crippen molar-refractivity contribution in [1.29, 1.82) is 0 Å². The smallest absolute Gasteiger partial charge is 0.408 e. The molecule has 3 nitrogen and oxygen atoms in total. The molecule has 0 aromatic rings. The number of carbonyl (C=O) groups is 1. The summed E-state index contributed by atoms with van der Waals surface area (Å²) in [7, 11) is 0. The Balaban J connectivity index is 2.49. The van der Waals surface area contributed by atoms with Crippen LogP contribution in [0.3, 0.4) is 0 Å². The van der Waals surface area contributed by atoms with Crippen LogP contribution >= 0.6 is 0 Å². The van der Waals surface area contributed by atoms with Crippen molar-refractivity contribution in [2.75, 3.05) is 0 Å². The third kappa shape index (κ3) is 3.94. The van der Waals surface area contributed by atoms with Gasteiger partial charge in [-0.3, -0.25) is 0 Å². The SMILES string of the molecule is CC(C)(C)OC(=O)N[C@H]1CCCCC1(F)F. The monoisotopic (exact) mass is 235 g/mol. The summed E-state index contributed by atoms with van der Waals surface area (Å²) in [5, 5.41) is 2.25. The highest BCUT2D eigenvalue weighted by atomic mass is 19.3. The predicted molar refractivity (Wildman–Crippen MR) is 56.6 cm³/mol. The van der Waals surface area contributed by atoms with E-state index < -0.39 is 23.7 Å². The van der Waals surface area contributed by atoms with Crippen LogP contribution in [0.25, 0.3) is 0 Å². The zero-order valence-corrected chi connectivity index (χ0v) is 9.98. The number of nitrogens with one attached hydrogen (secondary N) is 1. The van der Waals surface area contributed by atoms with E-state index in [0.717, 1.165) is 6.42 Å². The van der Waals surface area contributed by atoms with Crippen LogP contribution < -0.4 is 5.32 Å². The topological polar surface area (TPSA) is 38.3 Å². The maximum atomic E-state index is 13.4. The van der Waals surface area contributed by atoms with E-state index in [-0.39, 0.29) is 6.42 Å². The highest BCUT2D eigenvalue weighted by Gasteiger charge is 2.42. The Hall–Kier alpha value is -0.870. The zero-order chi connectivity index (χ0) is 12.4. The number of rotatable bonds is 1. The van der Waals surface area contributed by atoms with Gasteiger partial charge in [0.05, 0.1) is 6.04 Å². The molecule has 0 bridgehead atoms. The molecule has 0 saturated heterocycles. The van der Waals surface area contributed by atoms with Gasteiger partial charge in [-0.05, 0) is 33.6 Å². The van der Waals surface area contributed by atoms with Gasteiger partial charge in [0, 0.05) is 6.42 Å². The van der Waals surface area contributed by atoms with Gasteiger partial charge in [-0.2, -0.15) is 0 Å². The molecule has 16 heavy (non-hydrogen) atoms. The lowest BCUT2D eigenvalue weighted by molar-refractivity contribution is -0.0652. The molecular formula is C11H19F2NO2. The average molecular weight is 235 g/mol. The largest absolute Gasteiger partial charge is 0.444 e. The van der Waals surface area contributed by atoms with Gasteiger partial charge in [0.15, 0.2) is 0 Å². The minimum atomic E-state index is -2.81. The van der Waals surface area contributed by atoms with Gasteiger partial charge in [0.25, 0.3) is 5.92 Å². The zero-order valence-electron chi connectivity index (χ0n) is 9.98. The Kier molecular flexibility index (Phi) is 3.76. The number of amides is 1. The van der Waals surface area contributed by atoms with E-state index in [1.54, 1.807) is 20.8 Å². The van der Waals surface area contributed by atoms with Gasteiger partial charge in [-0.15, -0.1) is 0 Å². The molecule has 94 valence electrons. The summed E-state index contributed by atoms with van der Waals surface area (Å²) < 4.78 is 31.7. The average Bonchev–Trinajstić information content (AvgIpc) is 2.05. The molecule has 0 radical (unpaired) electrons. The summed E-state index contributed by atoms with van der Waals surface area (Å²) >= 11 is 0. The standard InChI is InChI=1S/C11H19F2NO2/c1-10(2,3)16-9(15)14-8-6-4-5-7-11(8,12)13/h8H,4-7H2,1-3H3,(H,14,15)/t8-/m0/s1. The number of halogens is 2. The van der Waals surface area contributed by atoms with E-state index in [2.05, 4.69) is 5.32 Å². The molecule has 1 atom stereocenters. The second-order valence-electron chi connectivity index (χ2n) is 5.21. The molecule has 1 amide bonds. The van der Waals surface area contributed by atoms with Crippen molar-refractivity contribution in [1.82, 2.24) is 5.32 Å². The van der Waals surface area contributed by atoms with Crippen molar-refractivity contribution in [2.45, 2.75) is 64.0 Å². The fraction of sp³-hybridized carbons (Fsp3) is 0.909. The number of hydrogen-bond donors (Lipinski definition) is 1. The van der Waals surface area contributed by atoms with Crippen LogP contribution in [0, 0.1) is 0 Å². The van der Waals surface area contributed by atoms with Gasteiger partial charge >= 0.3 is 6.09 Å². The van der Waals surface area contributed by atoms with E-state index in [0.29, 0.717) is 12.8 Å². The first-order chi connectivity index (χ1) is 7.21. The van der Waals surface area contributed by atoms with Crippen molar-refractivity contribution >= 4 is 6.09 Å². The number of ether oxygens (including phenoxy) is 1. The fourth-order valence-electron chi connectivity index (χ4n) is 1.72. The van der Waals surface area contributed by atoms with E-state index in [9.17, 15) is 13.6 Å². The first-order valence-corrected chi connectivity index (χ1v) is 5.58. The van der Waals surface area contributed by atoms with Crippen LogP contribution in [0.4, 0.5) is 13.6 Å². The number of hydrogen-bond acceptors (Lipinski definition) is 2. The molecule has 5 heteroatoms. The molecule has 0 heterocycles. The normalized spacial score (nSPS) is 24.9. The number of alkyl carbamates (subject to hydrolysis) is 1. The maximum absolute atomic E-state index is 13.4. The van der Waals surface area contributed by atoms with Gasteiger partial charge in [-0.1, -0.05) is 6.42 Å².